The molecule has 0 fully saturated rings. The molecule has 4 aromatic rings. The normalized spacial score (nSPS) is 15.5. The van der Waals surface area contributed by atoms with Crippen molar-refractivity contribution in [3.63, 3.8) is 0 Å². The van der Waals surface area contributed by atoms with Crippen LogP contribution in [0.2, 0.25) is 5.02 Å². The predicted octanol–water partition coefficient (Wildman–Crippen LogP) is 7.18. The molecule has 7 heteroatoms. The third-order valence-corrected chi connectivity index (χ3v) is 7.90. The average molecular weight is 516 g/mol. The molecule has 1 aliphatic rings. The van der Waals surface area contributed by atoms with Gasteiger partial charge in [-0.2, -0.15) is 0 Å². The number of benzene rings is 2. The fraction of sp³-hybridized carbons (Fsp3) is 0.208. The predicted molar refractivity (Wildman–Crippen MR) is 129 cm³/mol. The molecular weight excluding hydrogens is 496 g/mol. The standard InChI is InChI=1S/C24H20BrClN2O2S/c1-27-9-2-3-19(27)15-11-18(25)22-20(12-15)28-10-8-14(13-21(29)30)23(28)24(22)31-17-6-4-16(26)5-7-17/h2-7,9,11-12,14H,8,10,13H2,1H3,(H,29,30). The van der Waals surface area contributed by atoms with Crippen molar-refractivity contribution in [2.45, 2.75) is 35.1 Å². The third kappa shape index (κ3) is 3.71. The number of nitrogens with zero attached hydrogens (tertiary/aromatic N) is 2. The lowest BCUT2D eigenvalue weighted by Gasteiger charge is -2.11. The molecule has 1 N–H and O–H groups in total. The Morgan fingerprint density at radius 3 is 2.71 bits per heavy atom. The number of carboxylic acids is 1. The van der Waals surface area contributed by atoms with Crippen LogP contribution in [0.1, 0.15) is 24.5 Å². The second-order valence-electron chi connectivity index (χ2n) is 7.86. The summed E-state index contributed by atoms with van der Waals surface area (Å²) < 4.78 is 5.45. The highest BCUT2D eigenvalue weighted by molar-refractivity contribution is 9.10. The SMILES string of the molecule is Cn1cccc1-c1cc(Br)c2c(Sc3ccc(Cl)cc3)c3n(c2c1)CCC3CC(=O)O. The summed E-state index contributed by atoms with van der Waals surface area (Å²) in [5.74, 6) is -0.750. The number of hydrogen-bond acceptors (Lipinski definition) is 2. The van der Waals surface area contributed by atoms with Gasteiger partial charge in [-0.25, -0.2) is 0 Å². The number of rotatable bonds is 5. The van der Waals surface area contributed by atoms with Gasteiger partial charge in [-0.15, -0.1) is 0 Å². The number of carbonyl (C=O) groups is 1. The van der Waals surface area contributed by atoms with E-state index in [4.69, 9.17) is 11.6 Å². The molecule has 1 atom stereocenters. The fourth-order valence-corrected chi connectivity index (χ4v) is 6.63. The average Bonchev–Trinajstić information content (AvgIpc) is 3.40. The van der Waals surface area contributed by atoms with E-state index in [1.807, 2.05) is 43.6 Å². The number of fused-ring (bicyclic) bond motifs is 3. The van der Waals surface area contributed by atoms with Crippen molar-refractivity contribution in [2.24, 2.45) is 7.05 Å². The summed E-state index contributed by atoms with van der Waals surface area (Å²) in [6.07, 6.45) is 3.03. The molecule has 5 rings (SSSR count). The maximum absolute atomic E-state index is 11.6. The van der Waals surface area contributed by atoms with Crippen LogP contribution in [0.5, 0.6) is 0 Å². The van der Waals surface area contributed by atoms with Crippen LogP contribution < -0.4 is 0 Å². The number of hydrogen-bond donors (Lipinski definition) is 1. The summed E-state index contributed by atoms with van der Waals surface area (Å²) in [5, 5.41) is 11.3. The lowest BCUT2D eigenvalue weighted by Crippen LogP contribution is -2.04. The number of halogens is 2. The molecule has 2 aromatic heterocycles. The zero-order chi connectivity index (χ0) is 21.7. The molecule has 31 heavy (non-hydrogen) atoms. The molecule has 158 valence electrons. The van der Waals surface area contributed by atoms with E-state index in [-0.39, 0.29) is 12.3 Å². The maximum atomic E-state index is 11.6. The van der Waals surface area contributed by atoms with Crippen molar-refractivity contribution < 1.29 is 9.90 Å². The Labute approximate surface area is 197 Å². The molecule has 0 amide bonds. The second kappa shape index (κ2) is 8.08. The summed E-state index contributed by atoms with van der Waals surface area (Å²) in [6.45, 7) is 0.827. The Hall–Kier alpha value is -2.15. The van der Waals surface area contributed by atoms with Crippen molar-refractivity contribution in [1.82, 2.24) is 9.13 Å². The van der Waals surface area contributed by atoms with E-state index in [9.17, 15) is 9.90 Å². The van der Waals surface area contributed by atoms with Gasteiger partial charge in [0, 0.05) is 67.3 Å². The number of aryl methyl sites for hydroxylation is 2. The van der Waals surface area contributed by atoms with E-state index >= 15 is 0 Å². The van der Waals surface area contributed by atoms with Crippen molar-refractivity contribution in [1.29, 1.82) is 0 Å². The zero-order valence-corrected chi connectivity index (χ0v) is 20.0. The van der Waals surface area contributed by atoms with Crippen molar-refractivity contribution in [2.75, 3.05) is 0 Å². The van der Waals surface area contributed by atoms with Crippen LogP contribution >= 0.6 is 39.3 Å². The van der Waals surface area contributed by atoms with Crippen LogP contribution in [0, 0.1) is 0 Å². The van der Waals surface area contributed by atoms with Gasteiger partial charge in [-0.1, -0.05) is 39.3 Å². The van der Waals surface area contributed by atoms with Gasteiger partial charge < -0.3 is 14.2 Å². The molecule has 0 radical (unpaired) electrons. The Morgan fingerprint density at radius 2 is 2.03 bits per heavy atom. The Kier molecular flexibility index (Phi) is 5.40. The van der Waals surface area contributed by atoms with E-state index in [1.54, 1.807) is 11.8 Å². The Bertz CT molecular complexity index is 1310. The second-order valence-corrected chi connectivity index (χ2v) is 10.2. The summed E-state index contributed by atoms with van der Waals surface area (Å²) >= 11 is 11.6. The Balaban J connectivity index is 1.72. The topological polar surface area (TPSA) is 47.2 Å². The first-order valence-electron chi connectivity index (χ1n) is 10.0. The van der Waals surface area contributed by atoms with Gasteiger partial charge in [0.15, 0.2) is 0 Å². The van der Waals surface area contributed by atoms with Crippen molar-refractivity contribution in [3.05, 3.63) is 69.9 Å². The molecular formula is C24H20BrClN2O2S. The van der Waals surface area contributed by atoms with Crippen molar-refractivity contribution >= 4 is 56.2 Å². The van der Waals surface area contributed by atoms with E-state index in [0.29, 0.717) is 5.02 Å². The minimum atomic E-state index is -0.755. The van der Waals surface area contributed by atoms with Gasteiger partial charge in [-0.05, 0) is 55.0 Å². The smallest absolute Gasteiger partial charge is 0.304 e. The molecule has 0 spiro atoms. The quantitative estimate of drug-likeness (QED) is 0.306. The number of aromatic nitrogens is 2. The Morgan fingerprint density at radius 1 is 1.26 bits per heavy atom. The van der Waals surface area contributed by atoms with Gasteiger partial charge >= 0.3 is 5.97 Å². The minimum absolute atomic E-state index is 0.00471. The van der Waals surface area contributed by atoms with Crippen molar-refractivity contribution in [3.8, 4) is 11.3 Å². The molecule has 3 heterocycles. The van der Waals surface area contributed by atoms with Gasteiger partial charge in [0.1, 0.15) is 0 Å². The molecule has 0 bridgehead atoms. The third-order valence-electron chi connectivity index (χ3n) is 5.89. The van der Waals surface area contributed by atoms with E-state index in [1.165, 1.54) is 0 Å². The molecule has 4 nitrogen and oxygen atoms in total. The molecule has 0 saturated heterocycles. The van der Waals surface area contributed by atoms with Crippen LogP contribution in [-0.2, 0) is 18.4 Å². The fourth-order valence-electron chi connectivity index (χ4n) is 4.52. The molecule has 0 saturated carbocycles. The van der Waals surface area contributed by atoms with Crippen LogP contribution in [0.15, 0.2) is 69.0 Å². The highest BCUT2D eigenvalue weighted by Crippen LogP contribution is 2.49. The van der Waals surface area contributed by atoms with E-state index in [2.05, 4.69) is 43.3 Å². The van der Waals surface area contributed by atoms with Crippen LogP contribution in [-0.4, -0.2) is 20.2 Å². The highest BCUT2D eigenvalue weighted by atomic mass is 79.9. The monoisotopic (exact) mass is 514 g/mol. The molecule has 0 aliphatic carbocycles. The highest BCUT2D eigenvalue weighted by Gasteiger charge is 2.32. The van der Waals surface area contributed by atoms with Gasteiger partial charge in [0.2, 0.25) is 0 Å². The van der Waals surface area contributed by atoms with Gasteiger partial charge in [0.05, 0.1) is 11.9 Å². The lowest BCUT2D eigenvalue weighted by molar-refractivity contribution is -0.137. The summed E-state index contributed by atoms with van der Waals surface area (Å²) in [7, 11) is 2.04. The number of carboxylic acid groups (broad SMARTS) is 1. The first-order chi connectivity index (χ1) is 14.9. The molecule has 2 aromatic carbocycles. The minimum Gasteiger partial charge on any atom is -0.481 e. The summed E-state index contributed by atoms with van der Waals surface area (Å²) in [5.41, 5.74) is 4.55. The van der Waals surface area contributed by atoms with Crippen LogP contribution in [0.25, 0.3) is 22.2 Å². The first kappa shape index (κ1) is 20.7. The van der Waals surface area contributed by atoms with E-state index < -0.39 is 5.97 Å². The number of aliphatic carboxylic acids is 1. The summed E-state index contributed by atoms with van der Waals surface area (Å²) in [4.78, 5) is 13.8. The summed E-state index contributed by atoms with van der Waals surface area (Å²) in [6, 6.07) is 16.3. The molecule has 1 unspecified atom stereocenters. The van der Waals surface area contributed by atoms with Crippen LogP contribution in [0.4, 0.5) is 0 Å². The van der Waals surface area contributed by atoms with Crippen LogP contribution in [0.3, 0.4) is 0 Å². The largest absolute Gasteiger partial charge is 0.481 e. The first-order valence-corrected chi connectivity index (χ1v) is 12.0. The molecule has 1 aliphatic heterocycles. The lowest BCUT2D eigenvalue weighted by atomic mass is 10.00. The zero-order valence-electron chi connectivity index (χ0n) is 16.8. The van der Waals surface area contributed by atoms with Gasteiger partial charge in [-0.3, -0.25) is 4.79 Å². The maximum Gasteiger partial charge on any atom is 0.304 e. The van der Waals surface area contributed by atoms with Gasteiger partial charge in [0.25, 0.3) is 0 Å². The van der Waals surface area contributed by atoms with E-state index in [0.717, 1.165) is 55.1 Å².